The topological polar surface area (TPSA) is 49.3 Å². The molecule has 0 aliphatic heterocycles. The molecule has 1 amide bonds. The first-order valence-electron chi connectivity index (χ1n) is 5.40. The van der Waals surface area contributed by atoms with Crippen molar-refractivity contribution in [1.29, 1.82) is 0 Å². The van der Waals surface area contributed by atoms with Crippen molar-refractivity contribution in [3.05, 3.63) is 35.4 Å². The largest absolute Gasteiger partial charge is 0.416 e. The number of halogens is 3. The molecule has 2 N–H and O–H groups in total. The van der Waals surface area contributed by atoms with Gasteiger partial charge in [-0.2, -0.15) is 13.2 Å². The van der Waals surface area contributed by atoms with Crippen molar-refractivity contribution >= 4 is 5.91 Å². The lowest BCUT2D eigenvalue weighted by molar-refractivity contribution is -0.138. The zero-order valence-corrected chi connectivity index (χ0v) is 9.79. The summed E-state index contributed by atoms with van der Waals surface area (Å²) in [5.41, 5.74) is -0.885. The summed E-state index contributed by atoms with van der Waals surface area (Å²) in [5, 5.41) is 11.1. The number of hydrogen-bond acceptors (Lipinski definition) is 2. The van der Waals surface area contributed by atoms with Crippen LogP contribution in [0, 0.1) is 0 Å². The maximum atomic E-state index is 12.7. The number of amides is 1. The van der Waals surface area contributed by atoms with Crippen LogP contribution in [0.3, 0.4) is 0 Å². The molecule has 0 spiro atoms. The highest BCUT2D eigenvalue weighted by atomic mass is 19.4. The molecule has 3 nitrogen and oxygen atoms in total. The summed E-state index contributed by atoms with van der Waals surface area (Å²) in [6.07, 6.45) is -4.83. The summed E-state index contributed by atoms with van der Waals surface area (Å²) in [5.74, 6) is -0.548. The Balaban J connectivity index is 2.82. The Hall–Kier alpha value is -1.56. The van der Waals surface area contributed by atoms with Gasteiger partial charge in [0.25, 0.3) is 0 Å². The molecule has 0 saturated carbocycles. The first-order valence-corrected chi connectivity index (χ1v) is 5.40. The van der Waals surface area contributed by atoms with Crippen molar-refractivity contribution in [2.45, 2.75) is 25.6 Å². The van der Waals surface area contributed by atoms with E-state index in [0.717, 1.165) is 6.07 Å². The van der Waals surface area contributed by atoms with Crippen molar-refractivity contribution in [3.8, 4) is 0 Å². The average molecular weight is 261 g/mol. The molecule has 1 aromatic rings. The number of carbonyl (C=O) groups excluding carboxylic acids is 1. The maximum Gasteiger partial charge on any atom is 0.416 e. The molecule has 1 unspecified atom stereocenters. The second-order valence-corrected chi connectivity index (χ2v) is 3.98. The maximum absolute atomic E-state index is 12.7. The molecule has 0 aliphatic carbocycles. The van der Waals surface area contributed by atoms with Gasteiger partial charge >= 0.3 is 6.18 Å². The van der Waals surface area contributed by atoms with Crippen molar-refractivity contribution in [2.24, 2.45) is 0 Å². The molecule has 0 fully saturated rings. The minimum atomic E-state index is -4.47. The summed E-state index contributed by atoms with van der Waals surface area (Å²) >= 11 is 0. The lowest BCUT2D eigenvalue weighted by Crippen LogP contribution is -2.36. The lowest BCUT2D eigenvalue weighted by atomic mass is 10.0. The summed E-state index contributed by atoms with van der Waals surface area (Å²) in [6, 6.07) is 4.47. The molecule has 100 valence electrons. The smallest absolute Gasteiger partial charge is 0.394 e. The van der Waals surface area contributed by atoms with Crippen LogP contribution >= 0.6 is 0 Å². The highest BCUT2D eigenvalue weighted by Crippen LogP contribution is 2.31. The Kier molecular flexibility index (Phi) is 4.72. The van der Waals surface area contributed by atoms with Gasteiger partial charge in [-0.25, -0.2) is 0 Å². The number of benzene rings is 1. The minimum absolute atomic E-state index is 0.0763. The van der Waals surface area contributed by atoms with Gasteiger partial charge in [0.15, 0.2) is 0 Å². The van der Waals surface area contributed by atoms with Crippen LogP contribution < -0.4 is 5.32 Å². The number of alkyl halides is 3. The first-order chi connectivity index (χ1) is 8.34. The van der Waals surface area contributed by atoms with Crippen molar-refractivity contribution < 1.29 is 23.1 Å². The fourth-order valence-electron chi connectivity index (χ4n) is 1.50. The third-order valence-electron chi connectivity index (χ3n) is 2.36. The number of hydrogen-bond donors (Lipinski definition) is 2. The van der Waals surface area contributed by atoms with E-state index in [-0.39, 0.29) is 18.6 Å². The van der Waals surface area contributed by atoms with E-state index >= 15 is 0 Å². The van der Waals surface area contributed by atoms with Crippen LogP contribution in [0.4, 0.5) is 13.2 Å². The van der Waals surface area contributed by atoms with Gasteiger partial charge in [-0.05, 0) is 18.6 Å². The Labute approximate surface area is 103 Å². The molecule has 0 radical (unpaired) electrons. The normalized spacial score (nSPS) is 13.2. The third-order valence-corrected chi connectivity index (χ3v) is 2.36. The SMILES string of the molecule is CC(CO)NC(=O)Cc1ccccc1C(F)(F)F. The quantitative estimate of drug-likeness (QED) is 0.867. The van der Waals surface area contributed by atoms with E-state index in [0.29, 0.717) is 0 Å². The standard InChI is InChI=1S/C12H14F3NO2/c1-8(7-17)16-11(18)6-9-4-2-3-5-10(9)12(13,14)15/h2-5,8,17H,6-7H2,1H3,(H,16,18). The van der Waals surface area contributed by atoms with Crippen LogP contribution in [0.2, 0.25) is 0 Å². The first kappa shape index (κ1) is 14.5. The predicted molar refractivity (Wildman–Crippen MR) is 59.8 cm³/mol. The molecular formula is C12H14F3NO2. The fraction of sp³-hybridized carbons (Fsp3) is 0.417. The van der Waals surface area contributed by atoms with Gasteiger partial charge in [0.1, 0.15) is 0 Å². The number of carbonyl (C=O) groups is 1. The summed E-state index contributed by atoms with van der Waals surface area (Å²) in [4.78, 5) is 11.5. The molecular weight excluding hydrogens is 247 g/mol. The third kappa shape index (κ3) is 4.03. The highest BCUT2D eigenvalue weighted by molar-refractivity contribution is 5.79. The van der Waals surface area contributed by atoms with Gasteiger partial charge in [-0.3, -0.25) is 4.79 Å². The van der Waals surface area contributed by atoms with Crippen LogP contribution in [0.5, 0.6) is 0 Å². The monoisotopic (exact) mass is 261 g/mol. The molecule has 1 atom stereocenters. The predicted octanol–water partition coefficient (Wildman–Crippen LogP) is 1.74. The zero-order chi connectivity index (χ0) is 13.8. The number of rotatable bonds is 4. The molecule has 1 rings (SSSR count). The number of nitrogens with one attached hydrogen (secondary N) is 1. The van der Waals surface area contributed by atoms with Crippen LogP contribution in [0.15, 0.2) is 24.3 Å². The molecule has 0 bridgehead atoms. The van der Waals surface area contributed by atoms with Gasteiger partial charge in [0, 0.05) is 6.04 Å². The second-order valence-electron chi connectivity index (χ2n) is 3.98. The average Bonchev–Trinajstić information content (AvgIpc) is 2.27. The zero-order valence-electron chi connectivity index (χ0n) is 9.79. The van der Waals surface area contributed by atoms with E-state index < -0.39 is 23.7 Å². The van der Waals surface area contributed by atoms with Gasteiger partial charge in [-0.1, -0.05) is 18.2 Å². The Bertz CT molecular complexity index is 418. The Morgan fingerprint density at radius 1 is 1.39 bits per heavy atom. The van der Waals surface area contributed by atoms with Crippen LogP contribution in [-0.2, 0) is 17.4 Å². The molecule has 18 heavy (non-hydrogen) atoms. The van der Waals surface area contributed by atoms with E-state index in [9.17, 15) is 18.0 Å². The number of aliphatic hydroxyl groups is 1. The Morgan fingerprint density at radius 2 is 2.00 bits per heavy atom. The van der Waals surface area contributed by atoms with E-state index in [1.807, 2.05) is 0 Å². The highest BCUT2D eigenvalue weighted by Gasteiger charge is 2.33. The lowest BCUT2D eigenvalue weighted by Gasteiger charge is -2.14. The van der Waals surface area contributed by atoms with E-state index in [1.165, 1.54) is 18.2 Å². The van der Waals surface area contributed by atoms with Crippen LogP contribution in [0.1, 0.15) is 18.1 Å². The molecule has 0 saturated heterocycles. The molecule has 0 aromatic heterocycles. The number of aliphatic hydroxyl groups excluding tert-OH is 1. The summed E-state index contributed by atoms with van der Waals surface area (Å²) in [7, 11) is 0. The minimum Gasteiger partial charge on any atom is -0.394 e. The van der Waals surface area contributed by atoms with Crippen LogP contribution in [-0.4, -0.2) is 23.7 Å². The molecule has 0 aliphatic rings. The van der Waals surface area contributed by atoms with Crippen LogP contribution in [0.25, 0.3) is 0 Å². The van der Waals surface area contributed by atoms with Gasteiger partial charge < -0.3 is 10.4 Å². The van der Waals surface area contributed by atoms with Crippen molar-refractivity contribution in [3.63, 3.8) is 0 Å². The summed E-state index contributed by atoms with van der Waals surface area (Å²) in [6.45, 7) is 1.31. The molecule has 1 aromatic carbocycles. The van der Waals surface area contributed by atoms with E-state index in [1.54, 1.807) is 6.92 Å². The van der Waals surface area contributed by atoms with E-state index in [4.69, 9.17) is 5.11 Å². The van der Waals surface area contributed by atoms with Crippen molar-refractivity contribution in [2.75, 3.05) is 6.61 Å². The Morgan fingerprint density at radius 3 is 2.56 bits per heavy atom. The molecule has 6 heteroatoms. The fourth-order valence-corrected chi connectivity index (χ4v) is 1.50. The van der Waals surface area contributed by atoms with Gasteiger partial charge in [0.05, 0.1) is 18.6 Å². The second kappa shape index (κ2) is 5.86. The van der Waals surface area contributed by atoms with Crippen molar-refractivity contribution in [1.82, 2.24) is 5.32 Å². The van der Waals surface area contributed by atoms with Gasteiger partial charge in [-0.15, -0.1) is 0 Å². The van der Waals surface area contributed by atoms with Gasteiger partial charge in [0.2, 0.25) is 5.91 Å². The molecule has 0 heterocycles. The summed E-state index contributed by atoms with van der Waals surface area (Å²) < 4.78 is 38.0. The van der Waals surface area contributed by atoms with E-state index in [2.05, 4.69) is 5.32 Å².